The number of carbonyl (C=O) groups excluding carboxylic acids is 1. The van der Waals surface area contributed by atoms with E-state index in [9.17, 15) is 4.79 Å². The molecule has 1 saturated heterocycles. The highest BCUT2D eigenvalue weighted by atomic mass is 16.1. The molecule has 0 spiro atoms. The molecule has 0 aromatic heterocycles. The average molecular weight is 416 g/mol. The Balaban J connectivity index is 1.64. The first-order valence-electron chi connectivity index (χ1n) is 11.4. The zero-order valence-corrected chi connectivity index (χ0v) is 19.3. The molecule has 0 aliphatic carbocycles. The number of likely N-dealkylation sites (tertiary alicyclic amines) is 1. The lowest BCUT2D eigenvalue weighted by atomic mass is 9.84. The maximum Gasteiger partial charge on any atom is 0.220 e. The molecule has 30 heavy (non-hydrogen) atoms. The fraction of sp³-hybridized carbons (Fsp3) is 0.667. The number of guanidine groups is 1. The third-order valence-corrected chi connectivity index (χ3v) is 6.25. The van der Waals surface area contributed by atoms with Crippen LogP contribution in [0.5, 0.6) is 0 Å². The summed E-state index contributed by atoms with van der Waals surface area (Å²) in [6.45, 7) is 11.5. The summed E-state index contributed by atoms with van der Waals surface area (Å²) in [4.78, 5) is 18.1. The number of aryl methyl sites for hydroxylation is 1. The van der Waals surface area contributed by atoms with Crippen LogP contribution in [-0.2, 0) is 16.6 Å². The highest BCUT2D eigenvalue weighted by molar-refractivity contribution is 5.79. The minimum atomic E-state index is -0.140. The fourth-order valence-electron chi connectivity index (χ4n) is 3.93. The summed E-state index contributed by atoms with van der Waals surface area (Å²) in [6, 6.07) is 8.92. The Morgan fingerprint density at radius 1 is 1.17 bits per heavy atom. The number of nitrogens with two attached hydrogens (primary N) is 1. The third-order valence-electron chi connectivity index (χ3n) is 6.25. The molecule has 1 aromatic carbocycles. The Labute approximate surface area is 182 Å². The van der Waals surface area contributed by atoms with Crippen molar-refractivity contribution in [2.24, 2.45) is 16.6 Å². The molecule has 1 amide bonds. The van der Waals surface area contributed by atoms with E-state index in [1.54, 1.807) is 0 Å². The van der Waals surface area contributed by atoms with Crippen molar-refractivity contribution < 1.29 is 4.79 Å². The highest BCUT2D eigenvalue weighted by Gasteiger charge is 2.23. The molecule has 0 unspecified atom stereocenters. The molecular weight excluding hydrogens is 374 g/mol. The number of nitrogens with one attached hydrogen (secondary N) is 2. The Morgan fingerprint density at radius 2 is 1.83 bits per heavy atom. The van der Waals surface area contributed by atoms with Gasteiger partial charge in [0.1, 0.15) is 0 Å². The van der Waals surface area contributed by atoms with Crippen molar-refractivity contribution in [3.8, 4) is 0 Å². The molecule has 6 heteroatoms. The van der Waals surface area contributed by atoms with Gasteiger partial charge < -0.3 is 21.3 Å². The summed E-state index contributed by atoms with van der Waals surface area (Å²) in [5.74, 6) is 0.792. The molecule has 1 fully saturated rings. The lowest BCUT2D eigenvalue weighted by Crippen LogP contribution is -2.43. The largest absolute Gasteiger partial charge is 0.369 e. The SMILES string of the molecule is CCc1ccc(C(C)(C)CNC(=NC)NCCCCN2CCC(C(N)=O)CC2)cc1. The Kier molecular flexibility index (Phi) is 9.63. The number of primary amides is 1. The van der Waals surface area contributed by atoms with Crippen LogP contribution in [0.1, 0.15) is 57.6 Å². The van der Waals surface area contributed by atoms with Crippen molar-refractivity contribution in [1.82, 2.24) is 15.5 Å². The van der Waals surface area contributed by atoms with Crippen LogP contribution >= 0.6 is 0 Å². The van der Waals surface area contributed by atoms with Crippen LogP contribution in [0, 0.1) is 5.92 Å². The van der Waals surface area contributed by atoms with Gasteiger partial charge in [0.05, 0.1) is 0 Å². The van der Waals surface area contributed by atoms with Gasteiger partial charge in [-0.2, -0.15) is 0 Å². The number of carbonyl (C=O) groups is 1. The van der Waals surface area contributed by atoms with Gasteiger partial charge in [0.2, 0.25) is 5.91 Å². The van der Waals surface area contributed by atoms with E-state index in [1.165, 1.54) is 11.1 Å². The van der Waals surface area contributed by atoms with Gasteiger partial charge in [0.15, 0.2) is 5.96 Å². The van der Waals surface area contributed by atoms with Gasteiger partial charge in [-0.3, -0.25) is 9.79 Å². The average Bonchev–Trinajstić information content (AvgIpc) is 2.76. The monoisotopic (exact) mass is 415 g/mol. The number of piperidine rings is 1. The summed E-state index contributed by atoms with van der Waals surface area (Å²) in [5, 5.41) is 6.91. The van der Waals surface area contributed by atoms with Crippen LogP contribution in [0.4, 0.5) is 0 Å². The smallest absolute Gasteiger partial charge is 0.220 e. The minimum Gasteiger partial charge on any atom is -0.369 e. The number of amides is 1. The molecule has 0 saturated carbocycles. The van der Waals surface area contributed by atoms with Crippen molar-refractivity contribution in [3.63, 3.8) is 0 Å². The van der Waals surface area contributed by atoms with Crippen LogP contribution in [0.3, 0.4) is 0 Å². The van der Waals surface area contributed by atoms with Crippen molar-refractivity contribution in [3.05, 3.63) is 35.4 Å². The van der Waals surface area contributed by atoms with Crippen molar-refractivity contribution in [2.45, 2.75) is 58.3 Å². The van der Waals surface area contributed by atoms with E-state index in [-0.39, 0.29) is 17.2 Å². The number of aliphatic imine (C=N–C) groups is 1. The quantitative estimate of drug-likeness (QED) is 0.312. The topological polar surface area (TPSA) is 82.8 Å². The predicted molar refractivity (Wildman–Crippen MR) is 126 cm³/mol. The third kappa shape index (κ3) is 7.63. The molecule has 1 aliphatic rings. The maximum absolute atomic E-state index is 11.3. The second kappa shape index (κ2) is 11.9. The molecule has 1 heterocycles. The van der Waals surface area contributed by atoms with E-state index >= 15 is 0 Å². The molecule has 4 N–H and O–H groups in total. The predicted octanol–water partition coefficient (Wildman–Crippen LogP) is 2.67. The Hall–Kier alpha value is -2.08. The van der Waals surface area contributed by atoms with Gasteiger partial charge in [-0.25, -0.2) is 0 Å². The van der Waals surface area contributed by atoms with Gasteiger partial charge in [0.25, 0.3) is 0 Å². The molecule has 1 aromatic rings. The number of unbranched alkanes of at least 4 members (excludes halogenated alkanes) is 1. The molecular formula is C24H41N5O. The summed E-state index contributed by atoms with van der Waals surface area (Å²) in [6.07, 6.45) is 5.11. The summed E-state index contributed by atoms with van der Waals surface area (Å²) >= 11 is 0. The van der Waals surface area contributed by atoms with Crippen LogP contribution in [0.15, 0.2) is 29.3 Å². The van der Waals surface area contributed by atoms with Gasteiger partial charge in [-0.15, -0.1) is 0 Å². The van der Waals surface area contributed by atoms with Crippen LogP contribution in [-0.4, -0.2) is 56.5 Å². The van der Waals surface area contributed by atoms with E-state index in [0.717, 1.165) is 70.8 Å². The van der Waals surface area contributed by atoms with E-state index in [0.29, 0.717) is 0 Å². The lowest BCUT2D eigenvalue weighted by molar-refractivity contribution is -0.123. The van der Waals surface area contributed by atoms with Crippen LogP contribution in [0.2, 0.25) is 0 Å². The number of rotatable bonds is 10. The molecule has 168 valence electrons. The molecule has 0 radical (unpaired) electrons. The Morgan fingerprint density at radius 3 is 2.40 bits per heavy atom. The van der Waals surface area contributed by atoms with Gasteiger partial charge >= 0.3 is 0 Å². The number of hydrogen-bond acceptors (Lipinski definition) is 3. The van der Waals surface area contributed by atoms with Crippen molar-refractivity contribution in [2.75, 3.05) is 39.8 Å². The zero-order valence-electron chi connectivity index (χ0n) is 19.3. The Bertz CT molecular complexity index is 675. The standard InChI is InChI=1S/C24H41N5O/c1-5-19-8-10-21(11-9-19)24(2,3)18-28-23(26-4)27-14-6-7-15-29-16-12-20(13-17-29)22(25)30/h8-11,20H,5-7,12-18H2,1-4H3,(H2,25,30)(H2,26,27,28). The first-order chi connectivity index (χ1) is 14.4. The fourth-order valence-corrected chi connectivity index (χ4v) is 3.93. The van der Waals surface area contributed by atoms with Crippen molar-refractivity contribution in [1.29, 1.82) is 0 Å². The van der Waals surface area contributed by atoms with Gasteiger partial charge in [-0.1, -0.05) is 45.0 Å². The van der Waals surface area contributed by atoms with Gasteiger partial charge in [0, 0.05) is 31.5 Å². The minimum absolute atomic E-state index is 0.0287. The zero-order chi connectivity index (χ0) is 22.0. The number of benzene rings is 1. The van der Waals surface area contributed by atoms with E-state index in [4.69, 9.17) is 5.73 Å². The normalized spacial score (nSPS) is 16.5. The van der Waals surface area contributed by atoms with E-state index in [1.807, 2.05) is 7.05 Å². The first kappa shape index (κ1) is 24.2. The molecule has 6 nitrogen and oxygen atoms in total. The molecule has 0 atom stereocenters. The van der Waals surface area contributed by atoms with E-state index in [2.05, 4.69) is 65.6 Å². The maximum atomic E-state index is 11.3. The molecule has 2 rings (SSSR count). The number of hydrogen-bond donors (Lipinski definition) is 3. The lowest BCUT2D eigenvalue weighted by Gasteiger charge is -2.30. The van der Waals surface area contributed by atoms with Crippen molar-refractivity contribution >= 4 is 11.9 Å². The van der Waals surface area contributed by atoms with E-state index < -0.39 is 0 Å². The second-order valence-electron chi connectivity index (χ2n) is 9.01. The van der Waals surface area contributed by atoms with Crippen LogP contribution in [0.25, 0.3) is 0 Å². The summed E-state index contributed by atoms with van der Waals surface area (Å²) in [5.41, 5.74) is 8.14. The highest BCUT2D eigenvalue weighted by Crippen LogP contribution is 2.22. The molecule has 1 aliphatic heterocycles. The summed E-state index contributed by atoms with van der Waals surface area (Å²) < 4.78 is 0. The number of nitrogens with zero attached hydrogens (tertiary/aromatic N) is 2. The second-order valence-corrected chi connectivity index (χ2v) is 9.01. The first-order valence-corrected chi connectivity index (χ1v) is 11.4. The molecule has 0 bridgehead atoms. The van der Waals surface area contributed by atoms with Gasteiger partial charge in [-0.05, 0) is 62.9 Å². The van der Waals surface area contributed by atoms with Crippen LogP contribution < -0.4 is 16.4 Å². The summed E-state index contributed by atoms with van der Waals surface area (Å²) in [7, 11) is 1.82.